The third kappa shape index (κ3) is 3.51. The highest BCUT2D eigenvalue weighted by molar-refractivity contribution is 6.33. The fourth-order valence-electron chi connectivity index (χ4n) is 1.20. The fourth-order valence-corrected chi connectivity index (χ4v) is 1.42. The Morgan fingerprint density at radius 2 is 2.12 bits per heavy atom. The maximum absolute atomic E-state index is 11.7. The molecule has 0 aliphatic heterocycles. The monoisotopic (exact) mass is 251 g/mol. The van der Waals surface area contributed by atoms with Gasteiger partial charge in [0.1, 0.15) is 6.04 Å². The number of carbonyl (C=O) groups is 2. The van der Waals surface area contributed by atoms with E-state index in [-0.39, 0.29) is 17.0 Å². The summed E-state index contributed by atoms with van der Waals surface area (Å²) in [5.41, 5.74) is 0.220. The number of hydrogen-bond donors (Lipinski definition) is 2. The van der Waals surface area contributed by atoms with Gasteiger partial charge in [0, 0.05) is 6.42 Å². The zero-order valence-corrected chi connectivity index (χ0v) is 9.57. The van der Waals surface area contributed by atoms with E-state index in [0.717, 1.165) is 0 Å². The highest BCUT2D eigenvalue weighted by Crippen LogP contribution is 2.14. The third-order valence-electron chi connectivity index (χ3n) is 2.04. The average molecular weight is 252 g/mol. The van der Waals surface area contributed by atoms with E-state index in [2.05, 4.69) is 11.2 Å². The van der Waals surface area contributed by atoms with Crippen molar-refractivity contribution in [2.24, 2.45) is 0 Å². The first-order valence-corrected chi connectivity index (χ1v) is 5.15. The van der Waals surface area contributed by atoms with E-state index in [0.29, 0.717) is 0 Å². The molecule has 0 radical (unpaired) electrons. The molecular formula is C12H10ClNO3. The Morgan fingerprint density at radius 3 is 2.65 bits per heavy atom. The highest BCUT2D eigenvalue weighted by Gasteiger charge is 2.20. The van der Waals surface area contributed by atoms with Crippen molar-refractivity contribution < 1.29 is 14.7 Å². The molecule has 0 heterocycles. The normalized spacial score (nSPS) is 11.3. The minimum Gasteiger partial charge on any atom is -0.480 e. The summed E-state index contributed by atoms with van der Waals surface area (Å²) < 4.78 is 0. The Hall–Kier alpha value is -1.99. The molecule has 4 nitrogen and oxygen atoms in total. The Labute approximate surface area is 104 Å². The summed E-state index contributed by atoms with van der Waals surface area (Å²) in [5.74, 6) is 0.457. The lowest BCUT2D eigenvalue weighted by molar-refractivity contribution is -0.139. The minimum atomic E-state index is -1.18. The van der Waals surface area contributed by atoms with Crippen LogP contribution < -0.4 is 5.32 Å². The predicted molar refractivity (Wildman–Crippen MR) is 63.8 cm³/mol. The molecule has 0 fully saturated rings. The van der Waals surface area contributed by atoms with Gasteiger partial charge < -0.3 is 10.4 Å². The lowest BCUT2D eigenvalue weighted by atomic mass is 10.1. The molecule has 1 atom stereocenters. The number of carbonyl (C=O) groups excluding carboxylic acids is 1. The summed E-state index contributed by atoms with van der Waals surface area (Å²) in [5, 5.41) is 11.4. The van der Waals surface area contributed by atoms with E-state index in [4.69, 9.17) is 23.1 Å². The molecule has 0 aliphatic rings. The Kier molecular flexibility index (Phi) is 4.56. The van der Waals surface area contributed by atoms with Crippen LogP contribution in [0.1, 0.15) is 16.8 Å². The largest absolute Gasteiger partial charge is 0.480 e. The summed E-state index contributed by atoms with van der Waals surface area (Å²) in [4.78, 5) is 22.5. The van der Waals surface area contributed by atoms with Gasteiger partial charge >= 0.3 is 5.97 Å². The van der Waals surface area contributed by atoms with E-state index < -0.39 is 17.9 Å². The number of halogens is 1. The summed E-state index contributed by atoms with van der Waals surface area (Å²) in [7, 11) is 0. The first kappa shape index (κ1) is 13.1. The van der Waals surface area contributed by atoms with Gasteiger partial charge in [0.15, 0.2) is 0 Å². The van der Waals surface area contributed by atoms with Gasteiger partial charge in [0.05, 0.1) is 10.6 Å². The molecule has 0 saturated carbocycles. The number of nitrogens with one attached hydrogen (secondary N) is 1. The van der Waals surface area contributed by atoms with Crippen molar-refractivity contribution in [3.05, 3.63) is 34.9 Å². The van der Waals surface area contributed by atoms with Crippen molar-refractivity contribution in [3.63, 3.8) is 0 Å². The van der Waals surface area contributed by atoms with Crippen molar-refractivity contribution in [1.82, 2.24) is 5.32 Å². The molecule has 0 bridgehead atoms. The summed E-state index contributed by atoms with van der Waals surface area (Å²) in [6, 6.07) is 5.26. The molecule has 1 amide bonds. The van der Waals surface area contributed by atoms with Crippen LogP contribution in [0.15, 0.2) is 24.3 Å². The summed E-state index contributed by atoms with van der Waals surface area (Å²) in [6.45, 7) is 0. The van der Waals surface area contributed by atoms with E-state index in [1.54, 1.807) is 18.2 Å². The van der Waals surface area contributed by atoms with Gasteiger partial charge in [0.2, 0.25) is 0 Å². The Balaban J connectivity index is 2.82. The number of terminal acetylenes is 1. The molecule has 0 unspecified atom stereocenters. The van der Waals surface area contributed by atoms with Gasteiger partial charge in [-0.15, -0.1) is 12.3 Å². The molecule has 88 valence electrons. The molecule has 2 N–H and O–H groups in total. The van der Waals surface area contributed by atoms with Gasteiger partial charge in [-0.1, -0.05) is 23.7 Å². The van der Waals surface area contributed by atoms with Crippen LogP contribution in [0.4, 0.5) is 0 Å². The zero-order valence-electron chi connectivity index (χ0n) is 8.81. The van der Waals surface area contributed by atoms with Crippen molar-refractivity contribution in [1.29, 1.82) is 0 Å². The number of carboxylic acid groups (broad SMARTS) is 1. The van der Waals surface area contributed by atoms with Gasteiger partial charge in [0.25, 0.3) is 5.91 Å². The Morgan fingerprint density at radius 1 is 1.47 bits per heavy atom. The molecule has 17 heavy (non-hydrogen) atoms. The summed E-state index contributed by atoms with van der Waals surface area (Å²) in [6.07, 6.45) is 4.94. The molecule has 0 aliphatic carbocycles. The lowest BCUT2D eigenvalue weighted by Crippen LogP contribution is -2.40. The number of benzene rings is 1. The third-order valence-corrected chi connectivity index (χ3v) is 2.37. The van der Waals surface area contributed by atoms with Gasteiger partial charge in [-0.2, -0.15) is 0 Å². The molecule has 1 aromatic rings. The second-order valence-electron chi connectivity index (χ2n) is 3.25. The van der Waals surface area contributed by atoms with Crippen molar-refractivity contribution in [2.75, 3.05) is 0 Å². The quantitative estimate of drug-likeness (QED) is 0.798. The van der Waals surface area contributed by atoms with E-state index >= 15 is 0 Å². The molecular weight excluding hydrogens is 242 g/mol. The van der Waals surface area contributed by atoms with Crippen LogP contribution in [0.2, 0.25) is 5.02 Å². The number of aliphatic carboxylic acids is 1. The fraction of sp³-hybridized carbons (Fsp3) is 0.167. The predicted octanol–water partition coefficient (Wildman–Crippen LogP) is 1.55. The maximum Gasteiger partial charge on any atom is 0.327 e. The molecule has 0 spiro atoms. The molecule has 5 heteroatoms. The second-order valence-corrected chi connectivity index (χ2v) is 3.66. The smallest absolute Gasteiger partial charge is 0.327 e. The van der Waals surface area contributed by atoms with Crippen LogP contribution in [0, 0.1) is 12.3 Å². The standard InChI is InChI=1S/C12H10ClNO3/c1-2-5-10(12(16)17)14-11(15)8-6-3-4-7-9(8)13/h1,3-4,6-7,10H,5H2,(H,14,15)(H,16,17)/t10-/m0/s1. The van der Waals surface area contributed by atoms with Gasteiger partial charge in [-0.25, -0.2) is 4.79 Å². The van der Waals surface area contributed by atoms with Gasteiger partial charge in [-0.3, -0.25) is 4.79 Å². The van der Waals surface area contributed by atoms with Gasteiger partial charge in [-0.05, 0) is 12.1 Å². The lowest BCUT2D eigenvalue weighted by Gasteiger charge is -2.12. The first-order valence-electron chi connectivity index (χ1n) is 4.78. The molecule has 0 aromatic heterocycles. The van der Waals surface area contributed by atoms with Crippen LogP contribution in [0.25, 0.3) is 0 Å². The van der Waals surface area contributed by atoms with Crippen LogP contribution in [-0.4, -0.2) is 23.0 Å². The van der Waals surface area contributed by atoms with Crippen molar-refractivity contribution in [3.8, 4) is 12.3 Å². The van der Waals surface area contributed by atoms with E-state index in [9.17, 15) is 9.59 Å². The van der Waals surface area contributed by atoms with E-state index in [1.807, 2.05) is 0 Å². The number of rotatable bonds is 4. The minimum absolute atomic E-state index is 0.0779. The highest BCUT2D eigenvalue weighted by atomic mass is 35.5. The van der Waals surface area contributed by atoms with Crippen LogP contribution >= 0.6 is 11.6 Å². The van der Waals surface area contributed by atoms with Crippen LogP contribution in [0.5, 0.6) is 0 Å². The van der Waals surface area contributed by atoms with E-state index in [1.165, 1.54) is 6.07 Å². The van der Waals surface area contributed by atoms with Crippen LogP contribution in [0.3, 0.4) is 0 Å². The number of amides is 1. The second kappa shape index (κ2) is 5.92. The SMILES string of the molecule is C#CC[C@H](NC(=O)c1ccccc1Cl)C(=O)O. The number of carboxylic acids is 1. The zero-order chi connectivity index (χ0) is 12.8. The Bertz CT molecular complexity index is 479. The van der Waals surface area contributed by atoms with Crippen molar-refractivity contribution in [2.45, 2.75) is 12.5 Å². The van der Waals surface area contributed by atoms with Crippen molar-refractivity contribution >= 4 is 23.5 Å². The van der Waals surface area contributed by atoms with Crippen LogP contribution in [-0.2, 0) is 4.79 Å². The summed E-state index contributed by atoms with van der Waals surface area (Å²) >= 11 is 5.81. The topological polar surface area (TPSA) is 66.4 Å². The average Bonchev–Trinajstić information content (AvgIpc) is 2.28. The number of hydrogen-bond acceptors (Lipinski definition) is 2. The molecule has 1 rings (SSSR count). The molecule has 0 saturated heterocycles. The molecule has 1 aromatic carbocycles. The first-order chi connectivity index (χ1) is 8.06. The maximum atomic E-state index is 11.7.